The Kier molecular flexibility index (Phi) is 6.49. The maximum absolute atomic E-state index is 14.6. The van der Waals surface area contributed by atoms with Crippen LogP contribution in [0.5, 0.6) is 0 Å². The molecule has 0 radical (unpaired) electrons. The van der Waals surface area contributed by atoms with Gasteiger partial charge in [-0.3, -0.25) is 0 Å². The van der Waals surface area contributed by atoms with Gasteiger partial charge in [0.05, 0.1) is 29.7 Å². The summed E-state index contributed by atoms with van der Waals surface area (Å²) < 4.78 is 18.6. The summed E-state index contributed by atoms with van der Waals surface area (Å²) in [7, 11) is 0. The van der Waals surface area contributed by atoms with E-state index in [4.69, 9.17) is 5.10 Å². The van der Waals surface area contributed by atoms with Crippen molar-refractivity contribution in [2.45, 2.75) is 39.3 Å². The molecule has 1 aliphatic heterocycles. The van der Waals surface area contributed by atoms with Gasteiger partial charge in [-0.1, -0.05) is 62.4 Å². The van der Waals surface area contributed by atoms with Gasteiger partial charge in [0.1, 0.15) is 11.6 Å². The highest BCUT2D eigenvalue weighted by molar-refractivity contribution is 5.91. The quantitative estimate of drug-likeness (QED) is 0.270. The molecule has 39 heavy (non-hydrogen) atoms. The van der Waals surface area contributed by atoms with E-state index in [9.17, 15) is 9.18 Å². The van der Waals surface area contributed by atoms with Crippen LogP contribution in [-0.4, -0.2) is 25.3 Å². The molecule has 0 saturated carbocycles. The summed E-state index contributed by atoms with van der Waals surface area (Å²) in [4.78, 5) is 16.0. The first-order chi connectivity index (χ1) is 19.1. The summed E-state index contributed by atoms with van der Waals surface area (Å²) in [5.41, 5.74) is 6.22. The average molecular weight is 520 g/mol. The third kappa shape index (κ3) is 4.40. The largest absolute Gasteiger partial charge is 0.322 e. The number of hydrogen-bond acceptors (Lipinski definition) is 2. The molecule has 0 bridgehead atoms. The van der Waals surface area contributed by atoms with Gasteiger partial charge in [0, 0.05) is 17.4 Å². The second-order valence-corrected chi connectivity index (χ2v) is 9.68. The SMILES string of the molecule is CCc1ccccc1NC(=O)N1Cc2c(CC)nn(-c3ccccc3)c2-n2cccc2[C@H]1c1cccc(F)c1. The normalized spacial score (nSPS) is 14.4. The lowest BCUT2D eigenvalue weighted by atomic mass is 10.0. The molecule has 1 atom stereocenters. The number of benzene rings is 3. The Labute approximate surface area is 227 Å². The highest BCUT2D eigenvalue weighted by Gasteiger charge is 2.36. The number of hydrogen-bond donors (Lipinski definition) is 1. The van der Waals surface area contributed by atoms with Gasteiger partial charge in [-0.05, 0) is 66.4 Å². The Morgan fingerprint density at radius 3 is 2.51 bits per heavy atom. The molecule has 3 heterocycles. The molecular weight excluding hydrogens is 489 g/mol. The number of rotatable bonds is 5. The summed E-state index contributed by atoms with van der Waals surface area (Å²) >= 11 is 0. The Morgan fingerprint density at radius 1 is 0.949 bits per heavy atom. The summed E-state index contributed by atoms with van der Waals surface area (Å²) in [6, 6.07) is 27.6. The highest BCUT2D eigenvalue weighted by atomic mass is 19.1. The number of amides is 2. The van der Waals surface area contributed by atoms with Gasteiger partial charge in [-0.25, -0.2) is 13.9 Å². The van der Waals surface area contributed by atoms with Crippen molar-refractivity contribution in [1.29, 1.82) is 0 Å². The van der Waals surface area contributed by atoms with Crippen molar-refractivity contribution in [2.24, 2.45) is 0 Å². The van der Waals surface area contributed by atoms with Crippen LogP contribution in [0.3, 0.4) is 0 Å². The zero-order valence-corrected chi connectivity index (χ0v) is 22.0. The highest BCUT2D eigenvalue weighted by Crippen LogP contribution is 2.39. The van der Waals surface area contributed by atoms with Gasteiger partial charge in [0.15, 0.2) is 0 Å². The first-order valence-electron chi connectivity index (χ1n) is 13.3. The number of carbonyl (C=O) groups is 1. The van der Waals surface area contributed by atoms with Crippen molar-refractivity contribution in [3.8, 4) is 11.5 Å². The lowest BCUT2D eigenvalue weighted by Gasteiger charge is -2.31. The summed E-state index contributed by atoms with van der Waals surface area (Å²) in [6.07, 6.45) is 3.49. The number of halogens is 1. The van der Waals surface area contributed by atoms with Crippen molar-refractivity contribution < 1.29 is 9.18 Å². The van der Waals surface area contributed by atoms with Crippen molar-refractivity contribution in [3.05, 3.63) is 131 Å². The molecule has 196 valence electrons. The Hall–Kier alpha value is -4.65. The van der Waals surface area contributed by atoms with Crippen LogP contribution >= 0.6 is 0 Å². The minimum absolute atomic E-state index is 0.250. The van der Waals surface area contributed by atoms with E-state index in [0.717, 1.165) is 46.1 Å². The summed E-state index contributed by atoms with van der Waals surface area (Å²) in [5, 5.41) is 8.16. The van der Waals surface area contributed by atoms with Crippen LogP contribution in [0, 0.1) is 5.82 Å². The number of nitrogens with zero attached hydrogens (tertiary/aromatic N) is 4. The Bertz CT molecular complexity index is 1640. The molecule has 0 unspecified atom stereocenters. The van der Waals surface area contributed by atoms with Gasteiger partial charge in [-0.2, -0.15) is 5.10 Å². The lowest BCUT2D eigenvalue weighted by molar-refractivity contribution is 0.194. The van der Waals surface area contributed by atoms with Gasteiger partial charge in [0.25, 0.3) is 0 Å². The fourth-order valence-electron chi connectivity index (χ4n) is 5.51. The Morgan fingerprint density at radius 2 is 1.74 bits per heavy atom. The standard InChI is InChI=1S/C32H30FN5O/c1-3-22-12-8-9-17-28(22)34-32(39)37-21-26-27(4-2)35-38(25-15-6-5-7-16-25)31(26)36-19-11-18-29(36)30(37)23-13-10-14-24(33)20-23/h5-20,30H,3-4,21H2,1-2H3,(H,34,39)/t30-/m1/s1. The minimum Gasteiger partial charge on any atom is -0.308 e. The zero-order valence-electron chi connectivity index (χ0n) is 22.0. The van der Waals surface area contributed by atoms with E-state index >= 15 is 0 Å². The van der Waals surface area contributed by atoms with Gasteiger partial charge >= 0.3 is 6.03 Å². The van der Waals surface area contributed by atoms with Crippen molar-refractivity contribution in [3.63, 3.8) is 0 Å². The molecule has 3 aromatic carbocycles. The van der Waals surface area contributed by atoms with Crippen LogP contribution in [0.2, 0.25) is 0 Å². The fourth-order valence-corrected chi connectivity index (χ4v) is 5.51. The monoisotopic (exact) mass is 519 g/mol. The predicted molar refractivity (Wildman–Crippen MR) is 151 cm³/mol. The fraction of sp³-hybridized carbons (Fsp3) is 0.188. The smallest absolute Gasteiger partial charge is 0.308 e. The van der Waals surface area contributed by atoms with E-state index in [1.54, 1.807) is 11.0 Å². The molecule has 2 amide bonds. The molecule has 0 saturated heterocycles. The van der Waals surface area contributed by atoms with E-state index in [1.807, 2.05) is 83.7 Å². The number of carbonyl (C=O) groups excluding carboxylic acids is 1. The topological polar surface area (TPSA) is 55.1 Å². The second kappa shape index (κ2) is 10.3. The molecule has 0 spiro atoms. The van der Waals surface area contributed by atoms with Crippen LogP contribution in [0.25, 0.3) is 11.5 Å². The van der Waals surface area contributed by atoms with E-state index < -0.39 is 6.04 Å². The molecule has 2 aromatic heterocycles. The second-order valence-electron chi connectivity index (χ2n) is 9.68. The van der Waals surface area contributed by atoms with Crippen LogP contribution < -0.4 is 5.32 Å². The first-order valence-corrected chi connectivity index (χ1v) is 13.3. The van der Waals surface area contributed by atoms with Crippen molar-refractivity contribution in [1.82, 2.24) is 19.2 Å². The molecule has 1 aliphatic rings. The van der Waals surface area contributed by atoms with Crippen molar-refractivity contribution in [2.75, 3.05) is 5.32 Å². The number of urea groups is 1. The van der Waals surface area contributed by atoms with Crippen LogP contribution in [0.1, 0.15) is 48.0 Å². The number of aryl methyl sites for hydroxylation is 2. The lowest BCUT2D eigenvalue weighted by Crippen LogP contribution is -2.38. The predicted octanol–water partition coefficient (Wildman–Crippen LogP) is 7.06. The summed E-state index contributed by atoms with van der Waals surface area (Å²) in [5.74, 6) is 0.553. The van der Waals surface area contributed by atoms with Gasteiger partial charge in [0.2, 0.25) is 0 Å². The third-order valence-electron chi connectivity index (χ3n) is 7.37. The minimum atomic E-state index is -0.522. The van der Waals surface area contributed by atoms with E-state index in [0.29, 0.717) is 18.5 Å². The number of para-hydroxylation sites is 2. The third-order valence-corrected chi connectivity index (χ3v) is 7.37. The maximum atomic E-state index is 14.6. The molecule has 6 rings (SSSR count). The molecular formula is C32H30FN5O. The average Bonchev–Trinajstić information content (AvgIpc) is 3.55. The molecule has 5 aromatic rings. The van der Waals surface area contributed by atoms with Crippen LogP contribution in [0.15, 0.2) is 97.2 Å². The van der Waals surface area contributed by atoms with E-state index in [2.05, 4.69) is 23.7 Å². The number of anilines is 1. The van der Waals surface area contributed by atoms with Gasteiger partial charge in [-0.15, -0.1) is 0 Å². The molecule has 1 N–H and O–H groups in total. The van der Waals surface area contributed by atoms with Crippen LogP contribution in [0.4, 0.5) is 14.9 Å². The molecule has 0 fully saturated rings. The summed E-state index contributed by atoms with van der Waals surface area (Å²) in [6.45, 7) is 4.46. The van der Waals surface area contributed by atoms with E-state index in [1.165, 1.54) is 12.1 Å². The maximum Gasteiger partial charge on any atom is 0.322 e. The number of nitrogens with one attached hydrogen (secondary N) is 1. The first kappa shape index (κ1) is 24.7. The van der Waals surface area contributed by atoms with Gasteiger partial charge < -0.3 is 14.8 Å². The number of fused-ring (bicyclic) bond motifs is 3. The Balaban J connectivity index is 1.56. The van der Waals surface area contributed by atoms with Crippen LogP contribution in [-0.2, 0) is 19.4 Å². The number of aromatic nitrogens is 3. The van der Waals surface area contributed by atoms with E-state index in [-0.39, 0.29) is 11.8 Å². The molecule has 6 nitrogen and oxygen atoms in total. The molecule has 0 aliphatic carbocycles. The van der Waals surface area contributed by atoms with Crippen molar-refractivity contribution >= 4 is 11.7 Å². The zero-order chi connectivity index (χ0) is 26.9. The molecule has 7 heteroatoms.